The number of rotatable bonds is 2. The van der Waals surface area contributed by atoms with Crippen LogP contribution in [0.25, 0.3) is 11.5 Å². The monoisotopic (exact) mass is 298 g/mol. The number of nitrogens with zero attached hydrogens (tertiary/aromatic N) is 5. The first-order valence-electron chi connectivity index (χ1n) is 7.55. The van der Waals surface area contributed by atoms with Crippen LogP contribution in [0.15, 0.2) is 24.3 Å². The molecule has 7 nitrogen and oxygen atoms in total. The molecule has 0 saturated heterocycles. The zero-order valence-corrected chi connectivity index (χ0v) is 12.5. The minimum Gasteiger partial charge on any atom is -0.338 e. The van der Waals surface area contributed by atoms with Gasteiger partial charge in [-0.3, -0.25) is 4.79 Å². The van der Waals surface area contributed by atoms with E-state index < -0.39 is 0 Å². The summed E-state index contributed by atoms with van der Waals surface area (Å²) in [5.41, 5.74) is 3.25. The molecular formula is C15H18N6O. The highest BCUT2D eigenvalue weighted by molar-refractivity contribution is 5.81. The normalized spacial score (nSPS) is 21.6. The number of tetrazole rings is 1. The van der Waals surface area contributed by atoms with Crippen LogP contribution in [0.2, 0.25) is 0 Å². The Hall–Kier alpha value is -2.44. The van der Waals surface area contributed by atoms with Gasteiger partial charge in [0.05, 0.1) is 11.7 Å². The lowest BCUT2D eigenvalue weighted by Gasteiger charge is -2.40. The zero-order valence-electron chi connectivity index (χ0n) is 12.5. The predicted molar refractivity (Wildman–Crippen MR) is 79.6 cm³/mol. The molecule has 0 radical (unpaired) electrons. The molecule has 2 aliphatic rings. The molecule has 1 amide bonds. The Kier molecular flexibility index (Phi) is 2.88. The largest absolute Gasteiger partial charge is 0.338 e. The van der Waals surface area contributed by atoms with E-state index in [2.05, 4.69) is 44.8 Å². The summed E-state index contributed by atoms with van der Waals surface area (Å²) in [6, 6.07) is 4.11. The van der Waals surface area contributed by atoms with E-state index in [4.69, 9.17) is 0 Å². The summed E-state index contributed by atoms with van der Waals surface area (Å²) in [6.07, 6.45) is 1.69. The first kappa shape index (κ1) is 13.2. The third-order valence-corrected chi connectivity index (χ3v) is 4.75. The van der Waals surface area contributed by atoms with E-state index in [0.717, 1.165) is 37.3 Å². The van der Waals surface area contributed by atoms with Gasteiger partial charge in [0.15, 0.2) is 0 Å². The summed E-state index contributed by atoms with van der Waals surface area (Å²) in [5.74, 6) is 0.982. The molecule has 1 aliphatic carbocycles. The molecule has 1 N–H and O–H groups in total. The predicted octanol–water partition coefficient (Wildman–Crippen LogP) is 1.54. The number of allylic oxidation sites excluding steroid dienone is 1. The van der Waals surface area contributed by atoms with Crippen molar-refractivity contribution in [2.24, 2.45) is 5.92 Å². The summed E-state index contributed by atoms with van der Waals surface area (Å²) in [5, 5.41) is 14.2. The molecule has 2 aromatic rings. The lowest BCUT2D eigenvalue weighted by molar-refractivity contribution is -0.140. The Morgan fingerprint density at radius 3 is 2.86 bits per heavy atom. The molecule has 0 bridgehead atoms. The van der Waals surface area contributed by atoms with Crippen LogP contribution in [0.3, 0.4) is 0 Å². The molecule has 2 aromatic heterocycles. The summed E-state index contributed by atoms with van der Waals surface area (Å²) in [6.45, 7) is 7.48. The standard InChI is InChI=1S/C15H18N6O/c1-9-7-11(8-9)15(22)20-5-6-21-12(10(20)2)3-4-13(21)14-16-18-19-17-14/h3-4,10-11H,1,5-8H2,2H3,(H,16,17,18,19). The number of nitrogens with one attached hydrogen (secondary N) is 1. The van der Waals surface area contributed by atoms with Crippen LogP contribution in [0, 0.1) is 5.92 Å². The van der Waals surface area contributed by atoms with E-state index in [1.54, 1.807) is 0 Å². The maximum absolute atomic E-state index is 12.6. The van der Waals surface area contributed by atoms with Crippen molar-refractivity contribution in [3.8, 4) is 11.5 Å². The molecule has 0 aromatic carbocycles. The number of aromatic amines is 1. The molecule has 1 saturated carbocycles. The van der Waals surface area contributed by atoms with Crippen LogP contribution in [-0.4, -0.2) is 42.5 Å². The van der Waals surface area contributed by atoms with E-state index >= 15 is 0 Å². The van der Waals surface area contributed by atoms with Crippen molar-refractivity contribution >= 4 is 5.91 Å². The molecular weight excluding hydrogens is 280 g/mol. The van der Waals surface area contributed by atoms with Crippen LogP contribution >= 0.6 is 0 Å². The molecule has 1 unspecified atom stereocenters. The smallest absolute Gasteiger partial charge is 0.226 e. The van der Waals surface area contributed by atoms with Gasteiger partial charge in [0.2, 0.25) is 11.7 Å². The van der Waals surface area contributed by atoms with E-state index in [1.165, 1.54) is 5.57 Å². The van der Waals surface area contributed by atoms with Crippen LogP contribution in [0.5, 0.6) is 0 Å². The lowest BCUT2D eigenvalue weighted by atomic mass is 9.80. The summed E-state index contributed by atoms with van der Waals surface area (Å²) < 4.78 is 2.18. The average Bonchev–Trinajstić information content (AvgIpc) is 3.12. The van der Waals surface area contributed by atoms with Crippen LogP contribution in [0.1, 0.15) is 31.5 Å². The van der Waals surface area contributed by atoms with Crippen molar-refractivity contribution in [3.63, 3.8) is 0 Å². The van der Waals surface area contributed by atoms with Crippen molar-refractivity contribution in [1.29, 1.82) is 0 Å². The maximum atomic E-state index is 12.6. The second-order valence-corrected chi connectivity index (χ2v) is 6.09. The molecule has 1 fully saturated rings. The van der Waals surface area contributed by atoms with Gasteiger partial charge in [-0.1, -0.05) is 12.2 Å². The van der Waals surface area contributed by atoms with Gasteiger partial charge >= 0.3 is 0 Å². The van der Waals surface area contributed by atoms with Gasteiger partial charge in [0.25, 0.3) is 0 Å². The Morgan fingerprint density at radius 1 is 1.36 bits per heavy atom. The highest BCUT2D eigenvalue weighted by Crippen LogP contribution is 2.37. The molecule has 3 heterocycles. The quantitative estimate of drug-likeness (QED) is 0.853. The molecule has 0 spiro atoms. The highest BCUT2D eigenvalue weighted by Gasteiger charge is 2.36. The Morgan fingerprint density at radius 2 is 2.18 bits per heavy atom. The lowest BCUT2D eigenvalue weighted by Crippen LogP contribution is -2.45. The SMILES string of the molecule is C=C1CC(C(=O)N2CCn3c(-c4nn[nH]n4)ccc3C2C)C1. The van der Waals surface area contributed by atoms with Gasteiger partial charge in [-0.15, -0.1) is 10.2 Å². The highest BCUT2D eigenvalue weighted by atomic mass is 16.2. The molecule has 1 aliphatic heterocycles. The average molecular weight is 298 g/mol. The summed E-state index contributed by atoms with van der Waals surface area (Å²) >= 11 is 0. The maximum Gasteiger partial charge on any atom is 0.226 e. The number of carbonyl (C=O) groups is 1. The van der Waals surface area contributed by atoms with Gasteiger partial charge in [-0.2, -0.15) is 5.21 Å². The van der Waals surface area contributed by atoms with Crippen molar-refractivity contribution < 1.29 is 4.79 Å². The first-order chi connectivity index (χ1) is 10.6. The van der Waals surface area contributed by atoms with Crippen LogP contribution < -0.4 is 0 Å². The summed E-state index contributed by atoms with van der Waals surface area (Å²) in [7, 11) is 0. The van der Waals surface area contributed by atoms with E-state index in [0.29, 0.717) is 5.82 Å². The van der Waals surface area contributed by atoms with Gasteiger partial charge < -0.3 is 9.47 Å². The minimum absolute atomic E-state index is 0.0655. The number of H-pyrrole nitrogens is 1. The van der Waals surface area contributed by atoms with Crippen molar-refractivity contribution in [1.82, 2.24) is 30.1 Å². The number of amides is 1. The van der Waals surface area contributed by atoms with E-state index in [1.807, 2.05) is 11.0 Å². The van der Waals surface area contributed by atoms with Crippen molar-refractivity contribution in [2.75, 3.05) is 6.54 Å². The minimum atomic E-state index is 0.0655. The zero-order chi connectivity index (χ0) is 15.3. The van der Waals surface area contributed by atoms with Gasteiger partial charge in [-0.05, 0) is 37.1 Å². The van der Waals surface area contributed by atoms with Gasteiger partial charge in [-0.25, -0.2) is 0 Å². The number of hydrogen-bond acceptors (Lipinski definition) is 4. The summed E-state index contributed by atoms with van der Waals surface area (Å²) in [4.78, 5) is 14.6. The number of hydrogen-bond donors (Lipinski definition) is 1. The van der Waals surface area contributed by atoms with E-state index in [-0.39, 0.29) is 17.9 Å². The van der Waals surface area contributed by atoms with Gasteiger partial charge in [0, 0.05) is 24.7 Å². The number of fused-ring (bicyclic) bond motifs is 1. The number of aromatic nitrogens is 5. The third-order valence-electron chi connectivity index (χ3n) is 4.75. The second-order valence-electron chi connectivity index (χ2n) is 6.09. The second kappa shape index (κ2) is 4.79. The van der Waals surface area contributed by atoms with Crippen LogP contribution in [-0.2, 0) is 11.3 Å². The number of carbonyl (C=O) groups excluding carboxylic acids is 1. The molecule has 7 heteroatoms. The Bertz CT molecular complexity index is 723. The van der Waals surface area contributed by atoms with Crippen molar-refractivity contribution in [2.45, 2.75) is 32.4 Å². The topological polar surface area (TPSA) is 79.7 Å². The molecule has 114 valence electrons. The van der Waals surface area contributed by atoms with E-state index in [9.17, 15) is 4.79 Å². The molecule has 4 rings (SSSR count). The Balaban J connectivity index is 1.60. The Labute approximate surface area is 128 Å². The fourth-order valence-electron chi connectivity index (χ4n) is 3.47. The van der Waals surface area contributed by atoms with Crippen LogP contribution in [0.4, 0.5) is 0 Å². The first-order valence-corrected chi connectivity index (χ1v) is 7.55. The fraction of sp³-hybridized carbons (Fsp3) is 0.467. The molecule has 22 heavy (non-hydrogen) atoms. The van der Waals surface area contributed by atoms with Gasteiger partial charge in [0.1, 0.15) is 0 Å². The third kappa shape index (κ3) is 1.88. The molecule has 1 atom stereocenters. The fourth-order valence-corrected chi connectivity index (χ4v) is 3.47. The van der Waals surface area contributed by atoms with Crippen molar-refractivity contribution in [3.05, 3.63) is 30.0 Å².